The first-order chi connectivity index (χ1) is 23.1. The number of carboxylic acids is 1. The Morgan fingerprint density at radius 3 is 2.46 bits per heavy atom. The molecular weight excluding hydrogens is 606 g/mol. The molecule has 0 saturated heterocycles. The lowest BCUT2D eigenvalue weighted by Crippen LogP contribution is -2.53. The molecule has 2 heterocycles. The van der Waals surface area contributed by atoms with E-state index in [1.165, 1.54) is 12.1 Å². The van der Waals surface area contributed by atoms with E-state index in [1.807, 2.05) is 44.3 Å². The summed E-state index contributed by atoms with van der Waals surface area (Å²) in [6.45, 7) is 5.91. The Kier molecular flexibility index (Phi) is 13.1. The van der Waals surface area contributed by atoms with Crippen molar-refractivity contribution in [1.82, 2.24) is 10.3 Å². The molecule has 254 valence electrons. The molecule has 1 aliphatic rings. The average Bonchev–Trinajstić information content (AvgIpc) is 3.08. The van der Waals surface area contributed by atoms with Crippen molar-refractivity contribution < 1.29 is 24.4 Å². The highest BCUT2D eigenvalue weighted by atomic mass is 16.6. The number of nitrogens with one attached hydrogen (secondary N) is 1. The molecule has 0 bridgehead atoms. The summed E-state index contributed by atoms with van der Waals surface area (Å²) in [6, 6.07) is 20.2. The fraction of sp³-hybridized carbons (Fsp3) is 0.410. The van der Waals surface area contributed by atoms with Crippen LogP contribution in [0.3, 0.4) is 0 Å². The topological polar surface area (TPSA) is 132 Å². The number of rotatable bonds is 17. The Balaban J connectivity index is 1.21. The van der Waals surface area contributed by atoms with Crippen molar-refractivity contribution in [3.8, 4) is 0 Å². The highest BCUT2D eigenvalue weighted by Gasteiger charge is 2.51. The number of carboxylic acid groups (broad SMARTS) is 1. The van der Waals surface area contributed by atoms with Gasteiger partial charge in [-0.15, -0.1) is 0 Å². The van der Waals surface area contributed by atoms with Gasteiger partial charge in [0.05, 0.1) is 16.9 Å². The number of nitro benzene ring substituents is 1. The number of non-ortho nitro benzene ring substituents is 1. The summed E-state index contributed by atoms with van der Waals surface area (Å²) in [7, 11) is 0. The van der Waals surface area contributed by atoms with Crippen molar-refractivity contribution in [2.45, 2.75) is 90.5 Å². The number of hydrogen-bond donors (Lipinski definition) is 2. The first-order valence-electron chi connectivity index (χ1n) is 16.9. The molecule has 2 N–H and O–H groups in total. The molecule has 0 saturated carbocycles. The number of unbranched alkanes of at least 4 members (excludes halogenated alkanes) is 5. The molecule has 3 aromatic rings. The molecule has 1 aliphatic heterocycles. The molecule has 9 nitrogen and oxygen atoms in total. The number of ether oxygens (including phenoxy) is 1. The largest absolute Gasteiger partial charge is 0.481 e. The van der Waals surface area contributed by atoms with Crippen LogP contribution in [0, 0.1) is 15.5 Å². The van der Waals surface area contributed by atoms with Gasteiger partial charge in [-0.2, -0.15) is 0 Å². The third kappa shape index (κ3) is 9.18. The number of carbonyl (C=O) groups is 2. The summed E-state index contributed by atoms with van der Waals surface area (Å²) < 4.78 is 5.49. The number of allylic oxidation sites excluding steroid dienone is 3. The van der Waals surface area contributed by atoms with Crippen molar-refractivity contribution in [1.29, 1.82) is 0 Å². The normalized spacial score (nSPS) is 19.4. The van der Waals surface area contributed by atoms with Gasteiger partial charge in [-0.1, -0.05) is 67.4 Å². The Morgan fingerprint density at radius 2 is 1.75 bits per heavy atom. The van der Waals surface area contributed by atoms with Gasteiger partial charge in [0.15, 0.2) is 0 Å². The zero-order valence-corrected chi connectivity index (χ0v) is 28.2. The predicted octanol–water partition coefficient (Wildman–Crippen LogP) is 8.62. The van der Waals surface area contributed by atoms with Crippen molar-refractivity contribution >= 4 is 23.2 Å². The number of aromatic nitrogens is 1. The number of benzene rings is 2. The van der Waals surface area contributed by atoms with Crippen molar-refractivity contribution in [2.24, 2.45) is 5.41 Å². The van der Waals surface area contributed by atoms with Gasteiger partial charge >= 0.3 is 11.9 Å². The summed E-state index contributed by atoms with van der Waals surface area (Å²) >= 11 is 0. The van der Waals surface area contributed by atoms with E-state index in [9.17, 15) is 24.8 Å². The lowest BCUT2D eigenvalue weighted by atomic mass is 9.62. The van der Waals surface area contributed by atoms with Gasteiger partial charge in [-0.25, -0.2) is 0 Å². The molecule has 3 unspecified atom stereocenters. The van der Waals surface area contributed by atoms with E-state index in [-0.39, 0.29) is 17.7 Å². The van der Waals surface area contributed by atoms with Crippen LogP contribution in [-0.2, 0) is 14.3 Å². The Bertz CT molecular complexity index is 1560. The minimum atomic E-state index is -1.18. The second-order valence-corrected chi connectivity index (χ2v) is 12.7. The van der Waals surface area contributed by atoms with E-state index in [4.69, 9.17) is 4.74 Å². The van der Waals surface area contributed by atoms with E-state index in [0.717, 1.165) is 72.9 Å². The molecule has 48 heavy (non-hydrogen) atoms. The third-order valence-corrected chi connectivity index (χ3v) is 9.48. The van der Waals surface area contributed by atoms with Crippen LogP contribution in [0.5, 0.6) is 0 Å². The van der Waals surface area contributed by atoms with Crippen LogP contribution in [0.4, 0.5) is 5.69 Å². The smallest absolute Gasteiger partial charge is 0.312 e. The highest BCUT2D eigenvalue weighted by Crippen LogP contribution is 2.49. The maximum absolute atomic E-state index is 12.6. The van der Waals surface area contributed by atoms with Gasteiger partial charge in [0.1, 0.15) is 0 Å². The van der Waals surface area contributed by atoms with Gasteiger partial charge in [-0.3, -0.25) is 24.7 Å². The molecule has 4 rings (SSSR count). The highest BCUT2D eigenvalue weighted by molar-refractivity contribution is 5.79. The number of esters is 1. The molecule has 3 atom stereocenters. The van der Waals surface area contributed by atoms with Gasteiger partial charge in [0.2, 0.25) is 0 Å². The van der Waals surface area contributed by atoms with Gasteiger partial charge in [0.25, 0.3) is 5.69 Å². The van der Waals surface area contributed by atoms with Gasteiger partial charge < -0.3 is 15.2 Å². The van der Waals surface area contributed by atoms with E-state index >= 15 is 0 Å². The lowest BCUT2D eigenvalue weighted by Gasteiger charge is -2.46. The maximum atomic E-state index is 12.6. The first kappa shape index (κ1) is 36.1. The summed E-state index contributed by atoms with van der Waals surface area (Å²) in [5.41, 5.74) is 4.66. The van der Waals surface area contributed by atoms with Crippen LogP contribution in [0.15, 0.2) is 96.5 Å². The van der Waals surface area contributed by atoms with Crippen LogP contribution in [0.2, 0.25) is 0 Å². The molecule has 1 aromatic heterocycles. The standard InChI is InChI=1S/C39H47N3O6/c1-28-34(37(39(3,38(44)45)29(2)41-28)31-18-14-20-33(26-31)42(46)47)21-10-4-5-13-25-48-36(43)23-12-7-11-22-35(30-16-8-6-9-17-30)32-19-15-24-40-27-32/h6,8-9,14-20,22,24,26-27,29,37,41H,4-5,7,10-13,21,23,25H2,1-3H3,(H,44,45). The van der Waals surface area contributed by atoms with Crippen LogP contribution in [0.1, 0.15) is 101 Å². The van der Waals surface area contributed by atoms with Crippen molar-refractivity contribution in [3.63, 3.8) is 0 Å². The molecule has 0 radical (unpaired) electrons. The number of carbonyl (C=O) groups excluding carboxylic acids is 1. The van der Waals surface area contributed by atoms with Crippen LogP contribution >= 0.6 is 0 Å². The summed E-state index contributed by atoms with van der Waals surface area (Å²) in [6.07, 6.45) is 12.8. The zero-order chi connectivity index (χ0) is 34.5. The summed E-state index contributed by atoms with van der Waals surface area (Å²) in [5.74, 6) is -1.61. The van der Waals surface area contributed by atoms with Gasteiger partial charge in [-0.05, 0) is 87.6 Å². The zero-order valence-electron chi connectivity index (χ0n) is 28.2. The molecule has 0 spiro atoms. The van der Waals surface area contributed by atoms with Gasteiger partial charge in [0, 0.05) is 54.2 Å². The van der Waals surface area contributed by atoms with Crippen LogP contribution in [0.25, 0.3) is 5.57 Å². The average molecular weight is 654 g/mol. The fourth-order valence-corrected chi connectivity index (χ4v) is 6.63. The predicted molar refractivity (Wildman–Crippen MR) is 187 cm³/mol. The van der Waals surface area contributed by atoms with E-state index in [2.05, 4.69) is 34.6 Å². The van der Waals surface area contributed by atoms with E-state index < -0.39 is 22.2 Å². The molecular formula is C39H47N3O6. The van der Waals surface area contributed by atoms with Crippen molar-refractivity contribution in [3.05, 3.63) is 123 Å². The first-order valence-corrected chi connectivity index (χ1v) is 16.9. The molecule has 2 aromatic carbocycles. The van der Waals surface area contributed by atoms with Crippen LogP contribution in [-0.4, -0.2) is 39.6 Å². The Morgan fingerprint density at radius 1 is 1.00 bits per heavy atom. The van der Waals surface area contributed by atoms with Crippen LogP contribution < -0.4 is 5.32 Å². The van der Waals surface area contributed by atoms with E-state index in [1.54, 1.807) is 25.3 Å². The second kappa shape index (κ2) is 17.4. The number of pyridine rings is 1. The van der Waals surface area contributed by atoms with Crippen molar-refractivity contribution in [2.75, 3.05) is 6.61 Å². The molecule has 0 amide bonds. The number of nitro groups is 1. The quantitative estimate of drug-likeness (QED) is 0.0641. The Hall–Kier alpha value is -4.79. The second-order valence-electron chi connectivity index (χ2n) is 12.7. The molecule has 0 fully saturated rings. The lowest BCUT2D eigenvalue weighted by molar-refractivity contribution is -0.384. The SMILES string of the molecule is CC1=C(CCCCCCOC(=O)CCCCC=C(c2ccccc2)c2cccnc2)C(c2cccc([N+](=O)[O-])c2)C(C)(C(=O)O)C(C)N1. The minimum absolute atomic E-state index is 0.0483. The summed E-state index contributed by atoms with van der Waals surface area (Å²) in [5, 5.41) is 25.2. The van der Waals surface area contributed by atoms with E-state index in [0.29, 0.717) is 25.0 Å². The maximum Gasteiger partial charge on any atom is 0.312 e. The Labute approximate surface area is 283 Å². The summed E-state index contributed by atoms with van der Waals surface area (Å²) in [4.78, 5) is 40.3. The monoisotopic (exact) mass is 653 g/mol. The molecule has 0 aliphatic carbocycles. The molecule has 9 heteroatoms. The fourth-order valence-electron chi connectivity index (χ4n) is 6.63. The number of nitrogens with zero attached hydrogens (tertiary/aromatic N) is 2. The number of hydrogen-bond acceptors (Lipinski definition) is 7. The minimum Gasteiger partial charge on any atom is -0.481 e. The third-order valence-electron chi connectivity index (χ3n) is 9.48. The number of aliphatic carboxylic acids is 1.